The number of amides is 2. The first kappa shape index (κ1) is 15.5. The lowest BCUT2D eigenvalue weighted by Gasteiger charge is -2.23. The highest BCUT2D eigenvalue weighted by atomic mass is 16.5. The Morgan fingerprint density at radius 3 is 2.76 bits per heavy atom. The number of hydrogen-bond donors (Lipinski definition) is 2. The van der Waals surface area contributed by atoms with Gasteiger partial charge in [0.05, 0.1) is 18.8 Å². The molecular weight excluding hydrogens is 272 g/mol. The van der Waals surface area contributed by atoms with E-state index in [0.29, 0.717) is 24.1 Å². The molecule has 1 aliphatic heterocycles. The van der Waals surface area contributed by atoms with E-state index in [1.54, 1.807) is 43.3 Å². The van der Waals surface area contributed by atoms with Crippen LogP contribution in [0.4, 0.5) is 0 Å². The van der Waals surface area contributed by atoms with Crippen LogP contribution in [0.5, 0.6) is 0 Å². The number of methoxy groups -OCH3 is 1. The van der Waals surface area contributed by atoms with E-state index in [1.807, 2.05) is 0 Å². The van der Waals surface area contributed by atoms with Gasteiger partial charge in [0.15, 0.2) is 0 Å². The minimum Gasteiger partial charge on any atom is -0.394 e. The summed E-state index contributed by atoms with van der Waals surface area (Å²) in [6.07, 6.45) is 0.557. The summed E-state index contributed by atoms with van der Waals surface area (Å²) in [4.78, 5) is 25.8. The van der Waals surface area contributed by atoms with Crippen LogP contribution in [-0.4, -0.2) is 61.3 Å². The van der Waals surface area contributed by atoms with E-state index >= 15 is 0 Å². The average Bonchev–Trinajstić information content (AvgIpc) is 2.96. The maximum absolute atomic E-state index is 12.6. The fourth-order valence-corrected chi connectivity index (χ4v) is 2.57. The van der Waals surface area contributed by atoms with Crippen molar-refractivity contribution in [2.24, 2.45) is 0 Å². The third-order valence-corrected chi connectivity index (χ3v) is 3.78. The van der Waals surface area contributed by atoms with Crippen molar-refractivity contribution in [3.8, 4) is 0 Å². The zero-order valence-electron chi connectivity index (χ0n) is 12.2. The molecule has 1 saturated heterocycles. The monoisotopic (exact) mass is 292 g/mol. The molecule has 1 heterocycles. The summed E-state index contributed by atoms with van der Waals surface area (Å²) >= 11 is 0. The van der Waals surface area contributed by atoms with Crippen molar-refractivity contribution >= 4 is 11.8 Å². The van der Waals surface area contributed by atoms with Crippen LogP contribution in [0, 0.1) is 0 Å². The highest BCUT2D eigenvalue weighted by Gasteiger charge is 2.35. The fraction of sp³-hybridized carbons (Fsp3) is 0.467. The minimum absolute atomic E-state index is 0.0618. The minimum atomic E-state index is -0.244. The molecule has 0 bridgehead atoms. The van der Waals surface area contributed by atoms with E-state index < -0.39 is 0 Å². The maximum atomic E-state index is 12.6. The Kier molecular flexibility index (Phi) is 4.93. The largest absolute Gasteiger partial charge is 0.394 e. The molecule has 0 saturated carbocycles. The summed E-state index contributed by atoms with van der Waals surface area (Å²) in [7, 11) is 3.14. The van der Waals surface area contributed by atoms with Gasteiger partial charge < -0.3 is 20.1 Å². The van der Waals surface area contributed by atoms with Gasteiger partial charge >= 0.3 is 0 Å². The number of benzene rings is 1. The average molecular weight is 292 g/mol. The fourth-order valence-electron chi connectivity index (χ4n) is 2.57. The predicted octanol–water partition coefficient (Wildman–Crippen LogP) is 0.268. The van der Waals surface area contributed by atoms with Gasteiger partial charge in [-0.15, -0.1) is 0 Å². The van der Waals surface area contributed by atoms with Crippen LogP contribution in [0.1, 0.15) is 27.1 Å². The Hall–Kier alpha value is -1.92. The Morgan fingerprint density at radius 2 is 2.14 bits per heavy atom. The molecule has 2 amide bonds. The highest BCUT2D eigenvalue weighted by molar-refractivity contribution is 5.99. The number of aliphatic hydroxyl groups excluding tert-OH is 1. The topological polar surface area (TPSA) is 78.9 Å². The van der Waals surface area contributed by atoms with Crippen molar-refractivity contribution in [3.05, 3.63) is 35.4 Å². The molecule has 2 atom stereocenters. The van der Waals surface area contributed by atoms with Gasteiger partial charge in [-0.1, -0.05) is 6.07 Å². The number of nitrogens with zero attached hydrogens (tertiary/aromatic N) is 1. The van der Waals surface area contributed by atoms with Crippen molar-refractivity contribution < 1.29 is 19.4 Å². The maximum Gasteiger partial charge on any atom is 0.254 e. The lowest BCUT2D eigenvalue weighted by molar-refractivity contribution is 0.0648. The summed E-state index contributed by atoms with van der Waals surface area (Å²) in [5.41, 5.74) is 0.873. The first-order valence-corrected chi connectivity index (χ1v) is 6.87. The molecule has 2 rings (SSSR count). The molecule has 1 aromatic rings. The van der Waals surface area contributed by atoms with E-state index in [4.69, 9.17) is 4.74 Å². The number of rotatable bonds is 4. The summed E-state index contributed by atoms with van der Waals surface area (Å²) in [6, 6.07) is 6.32. The molecule has 1 aliphatic rings. The molecule has 1 aromatic carbocycles. The Balaban J connectivity index is 2.21. The molecular formula is C15H20N2O4. The van der Waals surface area contributed by atoms with Gasteiger partial charge in [-0.05, 0) is 24.6 Å². The molecule has 114 valence electrons. The van der Waals surface area contributed by atoms with E-state index in [-0.39, 0.29) is 30.6 Å². The second-order valence-corrected chi connectivity index (χ2v) is 5.05. The van der Waals surface area contributed by atoms with Crippen LogP contribution >= 0.6 is 0 Å². The number of carbonyl (C=O) groups excluding carboxylic acids is 2. The van der Waals surface area contributed by atoms with Crippen molar-refractivity contribution in [1.82, 2.24) is 10.2 Å². The molecule has 6 heteroatoms. The van der Waals surface area contributed by atoms with Crippen molar-refractivity contribution in [2.75, 3.05) is 27.3 Å². The number of ether oxygens (including phenoxy) is 1. The van der Waals surface area contributed by atoms with Gasteiger partial charge in [0.2, 0.25) is 0 Å². The Morgan fingerprint density at radius 1 is 1.43 bits per heavy atom. The molecule has 6 nitrogen and oxygen atoms in total. The van der Waals surface area contributed by atoms with Crippen LogP contribution in [0.25, 0.3) is 0 Å². The zero-order valence-corrected chi connectivity index (χ0v) is 12.2. The van der Waals surface area contributed by atoms with E-state index in [2.05, 4.69) is 5.32 Å². The van der Waals surface area contributed by atoms with E-state index in [0.717, 1.165) is 0 Å². The molecule has 0 unspecified atom stereocenters. The first-order valence-electron chi connectivity index (χ1n) is 6.87. The molecule has 0 aliphatic carbocycles. The number of likely N-dealkylation sites (tertiary alicyclic amines) is 1. The number of nitrogens with one attached hydrogen (secondary N) is 1. The summed E-state index contributed by atoms with van der Waals surface area (Å²) in [5, 5.41) is 11.9. The molecule has 2 N–H and O–H groups in total. The van der Waals surface area contributed by atoms with E-state index in [9.17, 15) is 14.7 Å². The van der Waals surface area contributed by atoms with Crippen molar-refractivity contribution in [2.45, 2.75) is 18.6 Å². The lowest BCUT2D eigenvalue weighted by Crippen LogP contribution is -2.38. The lowest BCUT2D eigenvalue weighted by atomic mass is 10.1. The van der Waals surface area contributed by atoms with Crippen molar-refractivity contribution in [3.63, 3.8) is 0 Å². The number of aliphatic hydroxyl groups is 1. The zero-order chi connectivity index (χ0) is 15.4. The predicted molar refractivity (Wildman–Crippen MR) is 77.2 cm³/mol. The molecule has 1 fully saturated rings. The highest BCUT2D eigenvalue weighted by Crippen LogP contribution is 2.22. The molecule has 0 spiro atoms. The van der Waals surface area contributed by atoms with Gasteiger partial charge in [-0.3, -0.25) is 9.59 Å². The smallest absolute Gasteiger partial charge is 0.254 e. The van der Waals surface area contributed by atoms with Gasteiger partial charge in [-0.25, -0.2) is 0 Å². The van der Waals surface area contributed by atoms with Gasteiger partial charge in [0.1, 0.15) is 0 Å². The summed E-state index contributed by atoms with van der Waals surface area (Å²) < 4.78 is 5.27. The van der Waals surface area contributed by atoms with Crippen LogP contribution in [0.3, 0.4) is 0 Å². The third-order valence-electron chi connectivity index (χ3n) is 3.78. The summed E-state index contributed by atoms with van der Waals surface area (Å²) in [5.74, 6) is -0.432. The second kappa shape index (κ2) is 6.69. The third kappa shape index (κ3) is 3.22. The molecule has 21 heavy (non-hydrogen) atoms. The van der Waals surface area contributed by atoms with E-state index in [1.165, 1.54) is 0 Å². The standard InChI is InChI=1S/C15H20N2O4/c1-16-14(19)10-4-3-5-11(6-10)15(20)17-8-13(21-2)7-12(17)9-18/h3-6,12-13,18H,7-9H2,1-2H3,(H,16,19)/t12-,13-/m0/s1. The number of hydrogen-bond acceptors (Lipinski definition) is 4. The Labute approximate surface area is 123 Å². The van der Waals surface area contributed by atoms with Crippen LogP contribution in [0.15, 0.2) is 24.3 Å². The van der Waals surface area contributed by atoms with Crippen LogP contribution in [0.2, 0.25) is 0 Å². The SMILES string of the molecule is CNC(=O)c1cccc(C(=O)N2C[C@@H](OC)C[C@H]2CO)c1. The van der Waals surface area contributed by atoms with Crippen LogP contribution in [-0.2, 0) is 4.74 Å². The number of carbonyl (C=O) groups is 2. The van der Waals surface area contributed by atoms with Gasteiger partial charge in [0, 0.05) is 31.8 Å². The first-order chi connectivity index (χ1) is 10.1. The second-order valence-electron chi connectivity index (χ2n) is 5.05. The molecule has 0 aromatic heterocycles. The van der Waals surface area contributed by atoms with Gasteiger partial charge in [-0.2, -0.15) is 0 Å². The quantitative estimate of drug-likeness (QED) is 0.835. The Bertz CT molecular complexity index is 532. The van der Waals surface area contributed by atoms with Gasteiger partial charge in [0.25, 0.3) is 11.8 Å². The van der Waals surface area contributed by atoms with Crippen molar-refractivity contribution in [1.29, 1.82) is 0 Å². The summed E-state index contributed by atoms with van der Waals surface area (Å²) in [6.45, 7) is 0.353. The normalized spacial score (nSPS) is 21.4. The molecule has 0 radical (unpaired) electrons. The van der Waals surface area contributed by atoms with Crippen LogP contribution < -0.4 is 5.32 Å².